The van der Waals surface area contributed by atoms with Gasteiger partial charge >= 0.3 is 6.03 Å². The number of anilines is 2. The smallest absolute Gasteiger partial charge is 0.308 e. The molecule has 1 aromatic heterocycles. The minimum atomic E-state index is -3.23. The molecule has 7 nitrogen and oxygen atoms in total. The van der Waals surface area contributed by atoms with Crippen molar-refractivity contribution in [1.82, 2.24) is 9.29 Å². The van der Waals surface area contributed by atoms with Crippen molar-refractivity contribution in [2.24, 2.45) is 0 Å². The number of thiazole rings is 1. The van der Waals surface area contributed by atoms with Gasteiger partial charge in [0.15, 0.2) is 5.13 Å². The van der Waals surface area contributed by atoms with Crippen LogP contribution in [-0.2, 0) is 23.0 Å². The average Bonchev–Trinajstić information content (AvgIpc) is 2.87. The zero-order valence-corrected chi connectivity index (χ0v) is 15.1. The monoisotopic (exact) mass is 386 g/mol. The van der Waals surface area contributed by atoms with Crippen molar-refractivity contribution in [3.8, 4) is 0 Å². The number of aromatic nitrogens is 1. The second kappa shape index (κ2) is 6.67. The van der Waals surface area contributed by atoms with Gasteiger partial charge in [0.05, 0.1) is 11.9 Å². The lowest BCUT2D eigenvalue weighted by atomic mass is 10.2. The lowest BCUT2D eigenvalue weighted by Gasteiger charge is -2.23. The van der Waals surface area contributed by atoms with Crippen LogP contribution in [0.25, 0.3) is 0 Å². The van der Waals surface area contributed by atoms with Crippen LogP contribution >= 0.6 is 22.9 Å². The summed E-state index contributed by atoms with van der Waals surface area (Å²) in [7, 11) is -3.23. The number of fused-ring (bicyclic) bond motifs is 1. The molecule has 0 fully saturated rings. The van der Waals surface area contributed by atoms with Crippen molar-refractivity contribution in [1.29, 1.82) is 0 Å². The summed E-state index contributed by atoms with van der Waals surface area (Å²) >= 11 is 7.15. The van der Waals surface area contributed by atoms with Crippen LogP contribution in [0.15, 0.2) is 24.3 Å². The zero-order valence-electron chi connectivity index (χ0n) is 12.7. The van der Waals surface area contributed by atoms with E-state index in [-0.39, 0.29) is 0 Å². The highest BCUT2D eigenvalue weighted by Gasteiger charge is 2.26. The van der Waals surface area contributed by atoms with Crippen molar-refractivity contribution in [2.45, 2.75) is 13.0 Å². The molecule has 0 spiro atoms. The van der Waals surface area contributed by atoms with E-state index in [1.807, 2.05) is 0 Å². The van der Waals surface area contributed by atoms with Crippen LogP contribution in [0.2, 0.25) is 5.02 Å². The number of sulfonamides is 1. The van der Waals surface area contributed by atoms with E-state index in [1.165, 1.54) is 21.9 Å². The highest BCUT2D eigenvalue weighted by Crippen LogP contribution is 2.29. The van der Waals surface area contributed by atoms with E-state index in [9.17, 15) is 13.2 Å². The number of carbonyl (C=O) groups is 1. The first-order valence-corrected chi connectivity index (χ1v) is 10.1. The van der Waals surface area contributed by atoms with E-state index in [0.717, 1.165) is 10.6 Å². The average molecular weight is 387 g/mol. The molecular weight excluding hydrogens is 372 g/mol. The summed E-state index contributed by atoms with van der Waals surface area (Å²) in [6.45, 7) is 0.702. The quantitative estimate of drug-likeness (QED) is 0.848. The van der Waals surface area contributed by atoms with E-state index in [2.05, 4.69) is 15.6 Å². The van der Waals surface area contributed by atoms with Crippen LogP contribution in [0.1, 0.15) is 10.6 Å². The van der Waals surface area contributed by atoms with Crippen LogP contribution in [0.3, 0.4) is 0 Å². The van der Waals surface area contributed by atoms with Gasteiger partial charge in [0.25, 0.3) is 0 Å². The van der Waals surface area contributed by atoms with Crippen molar-refractivity contribution >= 4 is 49.8 Å². The largest absolute Gasteiger partial charge is 0.325 e. The molecular formula is C14H15ClN4O3S2. The molecule has 0 radical (unpaired) electrons. The van der Waals surface area contributed by atoms with Crippen molar-refractivity contribution < 1.29 is 13.2 Å². The fourth-order valence-electron chi connectivity index (χ4n) is 2.33. The topological polar surface area (TPSA) is 91.4 Å². The minimum Gasteiger partial charge on any atom is -0.308 e. The normalized spacial score (nSPS) is 14.9. The van der Waals surface area contributed by atoms with E-state index in [0.29, 0.717) is 35.4 Å². The maximum Gasteiger partial charge on any atom is 0.325 e. The maximum atomic E-state index is 12.0. The first kappa shape index (κ1) is 17.2. The molecule has 0 bridgehead atoms. The molecule has 0 saturated carbocycles. The van der Waals surface area contributed by atoms with Gasteiger partial charge in [-0.3, -0.25) is 5.32 Å². The summed E-state index contributed by atoms with van der Waals surface area (Å²) in [5.74, 6) is 0. The van der Waals surface area contributed by atoms with Crippen molar-refractivity contribution in [3.05, 3.63) is 39.9 Å². The van der Waals surface area contributed by atoms with Crippen LogP contribution in [0, 0.1) is 0 Å². The van der Waals surface area contributed by atoms with Crippen molar-refractivity contribution in [3.63, 3.8) is 0 Å². The number of rotatable bonds is 3. The SMILES string of the molecule is CS(=O)(=O)N1CCc2nc(NC(=O)Nc3cccc(Cl)c3)sc2C1. The third kappa shape index (κ3) is 4.04. The third-order valence-electron chi connectivity index (χ3n) is 3.47. The van der Waals surface area contributed by atoms with Gasteiger partial charge in [-0.25, -0.2) is 18.2 Å². The first-order chi connectivity index (χ1) is 11.3. The van der Waals surface area contributed by atoms with Gasteiger partial charge in [-0.15, -0.1) is 0 Å². The molecule has 1 aromatic carbocycles. The molecule has 0 unspecified atom stereocenters. The molecule has 0 aliphatic carbocycles. The van der Waals surface area contributed by atoms with Gasteiger partial charge in [0.1, 0.15) is 0 Å². The minimum absolute atomic E-state index is 0.295. The second-order valence-electron chi connectivity index (χ2n) is 5.32. The Morgan fingerprint density at radius 1 is 1.38 bits per heavy atom. The third-order valence-corrected chi connectivity index (χ3v) is 5.95. The number of nitrogens with zero attached hydrogens (tertiary/aromatic N) is 2. The lowest BCUT2D eigenvalue weighted by molar-refractivity contribution is 0.262. The Morgan fingerprint density at radius 2 is 2.17 bits per heavy atom. The first-order valence-electron chi connectivity index (χ1n) is 7.08. The lowest BCUT2D eigenvalue weighted by Crippen LogP contribution is -2.34. The van der Waals surface area contributed by atoms with Crippen LogP contribution in [0.4, 0.5) is 15.6 Å². The Balaban J connectivity index is 1.67. The molecule has 2 heterocycles. The number of hydrogen-bond acceptors (Lipinski definition) is 5. The number of benzene rings is 1. The Hall–Kier alpha value is -1.68. The van der Waals surface area contributed by atoms with Crippen LogP contribution < -0.4 is 10.6 Å². The fraction of sp³-hybridized carbons (Fsp3) is 0.286. The molecule has 0 saturated heterocycles. The van der Waals surface area contributed by atoms with E-state index >= 15 is 0 Å². The number of urea groups is 1. The summed E-state index contributed by atoms with van der Waals surface area (Å²) in [6, 6.07) is 6.39. The predicted octanol–water partition coefficient (Wildman–Crippen LogP) is 2.76. The summed E-state index contributed by atoms with van der Waals surface area (Å²) in [5, 5.41) is 6.30. The molecule has 1 aliphatic heterocycles. The van der Waals surface area contributed by atoms with Gasteiger partial charge in [0.2, 0.25) is 10.0 Å². The molecule has 2 N–H and O–H groups in total. The molecule has 0 atom stereocenters. The molecule has 1 aliphatic rings. The van der Waals surface area contributed by atoms with E-state index in [1.54, 1.807) is 24.3 Å². The van der Waals surface area contributed by atoms with E-state index < -0.39 is 16.1 Å². The van der Waals surface area contributed by atoms with Crippen LogP contribution in [-0.4, -0.2) is 36.5 Å². The molecule has 24 heavy (non-hydrogen) atoms. The molecule has 2 amide bonds. The Bertz CT molecular complexity index is 882. The van der Waals surface area contributed by atoms with Crippen LogP contribution in [0.5, 0.6) is 0 Å². The molecule has 3 rings (SSSR count). The second-order valence-corrected chi connectivity index (χ2v) is 8.83. The molecule has 10 heteroatoms. The number of amides is 2. The highest BCUT2D eigenvalue weighted by molar-refractivity contribution is 7.88. The molecule has 128 valence electrons. The number of nitrogens with one attached hydrogen (secondary N) is 2. The van der Waals surface area contributed by atoms with Gasteiger partial charge in [-0.2, -0.15) is 4.31 Å². The standard InChI is InChI=1S/C14H15ClN4O3S2/c1-24(21,22)19-6-5-11-12(8-19)23-14(17-11)18-13(20)16-10-4-2-3-9(15)7-10/h2-4,7H,5-6,8H2,1H3,(H2,16,17,18,20). The van der Waals surface area contributed by atoms with Gasteiger partial charge in [0, 0.05) is 35.1 Å². The van der Waals surface area contributed by atoms with Crippen molar-refractivity contribution in [2.75, 3.05) is 23.4 Å². The van der Waals surface area contributed by atoms with Gasteiger partial charge in [-0.05, 0) is 18.2 Å². The summed E-state index contributed by atoms with van der Waals surface area (Å²) in [6.07, 6.45) is 1.73. The Kier molecular flexibility index (Phi) is 4.77. The summed E-state index contributed by atoms with van der Waals surface area (Å²) < 4.78 is 24.7. The highest BCUT2D eigenvalue weighted by atomic mass is 35.5. The van der Waals surface area contributed by atoms with Gasteiger partial charge < -0.3 is 5.32 Å². The summed E-state index contributed by atoms with van der Waals surface area (Å²) in [5.41, 5.74) is 1.41. The van der Waals surface area contributed by atoms with Gasteiger partial charge in [-0.1, -0.05) is 29.0 Å². The fourth-order valence-corrected chi connectivity index (χ4v) is 4.41. The molecule has 2 aromatic rings. The number of halogens is 1. The summed E-state index contributed by atoms with van der Waals surface area (Å²) in [4.78, 5) is 17.2. The predicted molar refractivity (Wildman–Crippen MR) is 95.2 cm³/mol. The number of carbonyl (C=O) groups excluding carboxylic acids is 1. The van der Waals surface area contributed by atoms with E-state index in [4.69, 9.17) is 11.6 Å². The Labute approximate surface area is 148 Å². The number of hydrogen-bond donors (Lipinski definition) is 2. The zero-order chi connectivity index (χ0) is 17.3. The maximum absolute atomic E-state index is 12.0. The Morgan fingerprint density at radius 3 is 2.88 bits per heavy atom.